The Hall–Kier alpha value is -0.170. The Morgan fingerprint density at radius 1 is 1.50 bits per heavy atom. The fourth-order valence-electron chi connectivity index (χ4n) is 1.95. The zero-order valence-corrected chi connectivity index (χ0v) is 11.0. The molecule has 0 amide bonds. The van der Waals surface area contributed by atoms with Crippen LogP contribution in [0, 0.1) is 0 Å². The van der Waals surface area contributed by atoms with Gasteiger partial charge in [0.25, 0.3) is 0 Å². The normalized spacial score (nSPS) is 21.8. The lowest BCUT2D eigenvalue weighted by Gasteiger charge is -2.18. The Morgan fingerprint density at radius 2 is 2.25 bits per heavy atom. The maximum atomic E-state index is 11.3. The first kappa shape index (κ1) is 13.9. The van der Waals surface area contributed by atoms with Crippen molar-refractivity contribution in [2.24, 2.45) is 0 Å². The standard InChI is InChI=1S/C10H23N3O2S/c1-3-13(16(2,14)15)8-4-6-12-10-5-7-11-9-10/h10-12H,3-9H2,1-2H3. The van der Waals surface area contributed by atoms with Crippen LogP contribution in [0.2, 0.25) is 0 Å². The fraction of sp³-hybridized carbons (Fsp3) is 1.00. The third kappa shape index (κ3) is 4.78. The smallest absolute Gasteiger partial charge is 0.211 e. The van der Waals surface area contributed by atoms with Crippen LogP contribution < -0.4 is 10.6 Å². The van der Waals surface area contributed by atoms with Crippen LogP contribution in [0.5, 0.6) is 0 Å². The number of nitrogens with zero attached hydrogens (tertiary/aromatic N) is 1. The summed E-state index contributed by atoms with van der Waals surface area (Å²) in [6.07, 6.45) is 3.31. The van der Waals surface area contributed by atoms with Crippen LogP contribution in [0.15, 0.2) is 0 Å². The van der Waals surface area contributed by atoms with E-state index in [1.807, 2.05) is 6.92 Å². The molecule has 5 nitrogen and oxygen atoms in total. The van der Waals surface area contributed by atoms with E-state index in [0.717, 1.165) is 26.1 Å². The topological polar surface area (TPSA) is 61.4 Å². The molecular formula is C10H23N3O2S. The Labute approximate surface area is 98.6 Å². The molecule has 1 aliphatic heterocycles. The van der Waals surface area contributed by atoms with Crippen LogP contribution in [0.1, 0.15) is 19.8 Å². The fourth-order valence-corrected chi connectivity index (χ4v) is 2.88. The highest BCUT2D eigenvalue weighted by Crippen LogP contribution is 2.00. The van der Waals surface area contributed by atoms with Crippen molar-refractivity contribution in [1.29, 1.82) is 0 Å². The molecule has 1 aliphatic rings. The lowest BCUT2D eigenvalue weighted by Crippen LogP contribution is -2.35. The Kier molecular flexibility index (Phi) is 5.68. The molecule has 2 N–H and O–H groups in total. The third-order valence-corrected chi connectivity index (χ3v) is 4.28. The van der Waals surface area contributed by atoms with Crippen molar-refractivity contribution in [2.75, 3.05) is 39.0 Å². The van der Waals surface area contributed by atoms with Crippen molar-refractivity contribution in [2.45, 2.75) is 25.8 Å². The van der Waals surface area contributed by atoms with E-state index in [9.17, 15) is 8.42 Å². The summed E-state index contributed by atoms with van der Waals surface area (Å²) in [5.41, 5.74) is 0. The van der Waals surface area contributed by atoms with Crippen molar-refractivity contribution in [1.82, 2.24) is 14.9 Å². The minimum Gasteiger partial charge on any atom is -0.315 e. The molecule has 6 heteroatoms. The highest BCUT2D eigenvalue weighted by molar-refractivity contribution is 7.88. The summed E-state index contributed by atoms with van der Waals surface area (Å²) < 4.78 is 24.1. The average molecular weight is 249 g/mol. The van der Waals surface area contributed by atoms with Crippen LogP contribution in [0.25, 0.3) is 0 Å². The summed E-state index contributed by atoms with van der Waals surface area (Å²) in [7, 11) is -3.02. The van der Waals surface area contributed by atoms with E-state index >= 15 is 0 Å². The van der Waals surface area contributed by atoms with E-state index in [0.29, 0.717) is 19.1 Å². The quantitative estimate of drug-likeness (QED) is 0.603. The number of nitrogens with one attached hydrogen (secondary N) is 2. The highest BCUT2D eigenvalue weighted by Gasteiger charge is 2.15. The summed E-state index contributed by atoms with van der Waals surface area (Å²) >= 11 is 0. The van der Waals surface area contributed by atoms with Gasteiger partial charge < -0.3 is 10.6 Å². The number of hydrogen-bond acceptors (Lipinski definition) is 4. The van der Waals surface area contributed by atoms with Gasteiger partial charge in [-0.2, -0.15) is 0 Å². The first-order chi connectivity index (χ1) is 7.54. The van der Waals surface area contributed by atoms with E-state index < -0.39 is 10.0 Å². The minimum absolute atomic E-state index is 0.559. The SMILES string of the molecule is CCN(CCCNC1CCNC1)S(C)(=O)=O. The van der Waals surface area contributed by atoms with Gasteiger partial charge >= 0.3 is 0 Å². The van der Waals surface area contributed by atoms with Crippen molar-refractivity contribution in [3.8, 4) is 0 Å². The second-order valence-corrected chi connectivity index (χ2v) is 6.23. The lowest BCUT2D eigenvalue weighted by atomic mass is 10.2. The van der Waals surface area contributed by atoms with E-state index in [-0.39, 0.29) is 0 Å². The average Bonchev–Trinajstić information content (AvgIpc) is 2.68. The van der Waals surface area contributed by atoms with Gasteiger partial charge in [0.05, 0.1) is 6.26 Å². The van der Waals surface area contributed by atoms with Gasteiger partial charge in [-0.15, -0.1) is 0 Å². The van der Waals surface area contributed by atoms with Gasteiger partial charge in [0.2, 0.25) is 10.0 Å². The zero-order valence-electron chi connectivity index (χ0n) is 10.2. The molecule has 1 unspecified atom stereocenters. The maximum Gasteiger partial charge on any atom is 0.211 e. The van der Waals surface area contributed by atoms with E-state index in [2.05, 4.69) is 10.6 Å². The largest absolute Gasteiger partial charge is 0.315 e. The minimum atomic E-state index is -3.02. The Balaban J connectivity index is 2.13. The molecule has 16 heavy (non-hydrogen) atoms. The van der Waals surface area contributed by atoms with Gasteiger partial charge in [-0.1, -0.05) is 6.92 Å². The van der Waals surface area contributed by atoms with Crippen LogP contribution >= 0.6 is 0 Å². The summed E-state index contributed by atoms with van der Waals surface area (Å²) in [5.74, 6) is 0. The summed E-state index contributed by atoms with van der Waals surface area (Å²) in [6.45, 7) is 6.05. The molecule has 0 aliphatic carbocycles. The third-order valence-electron chi connectivity index (χ3n) is 2.90. The van der Waals surface area contributed by atoms with Gasteiger partial charge in [-0.05, 0) is 25.9 Å². The number of sulfonamides is 1. The van der Waals surface area contributed by atoms with Gasteiger partial charge in [-0.3, -0.25) is 0 Å². The molecule has 96 valence electrons. The van der Waals surface area contributed by atoms with Crippen molar-refractivity contribution >= 4 is 10.0 Å². The summed E-state index contributed by atoms with van der Waals surface area (Å²) in [4.78, 5) is 0. The van der Waals surface area contributed by atoms with Gasteiger partial charge in [0.1, 0.15) is 0 Å². The molecule has 0 aromatic carbocycles. The number of rotatable bonds is 7. The van der Waals surface area contributed by atoms with E-state index in [1.165, 1.54) is 17.0 Å². The van der Waals surface area contributed by atoms with Crippen molar-refractivity contribution in [3.63, 3.8) is 0 Å². The molecule has 0 spiro atoms. The van der Waals surface area contributed by atoms with Crippen LogP contribution in [0.3, 0.4) is 0 Å². The Morgan fingerprint density at radius 3 is 2.75 bits per heavy atom. The lowest BCUT2D eigenvalue weighted by molar-refractivity contribution is 0.412. The highest BCUT2D eigenvalue weighted by atomic mass is 32.2. The molecule has 0 saturated carbocycles. The van der Waals surface area contributed by atoms with Gasteiger partial charge in [0.15, 0.2) is 0 Å². The molecule has 0 bridgehead atoms. The van der Waals surface area contributed by atoms with Crippen LogP contribution in [-0.4, -0.2) is 57.7 Å². The molecule has 1 atom stereocenters. The zero-order chi connectivity index (χ0) is 12.0. The molecule has 1 heterocycles. The van der Waals surface area contributed by atoms with Gasteiger partial charge in [0, 0.05) is 25.7 Å². The monoisotopic (exact) mass is 249 g/mol. The van der Waals surface area contributed by atoms with E-state index in [4.69, 9.17) is 0 Å². The molecule has 1 rings (SSSR count). The van der Waals surface area contributed by atoms with Gasteiger partial charge in [-0.25, -0.2) is 12.7 Å². The van der Waals surface area contributed by atoms with Crippen molar-refractivity contribution < 1.29 is 8.42 Å². The second-order valence-electron chi connectivity index (χ2n) is 4.25. The molecular weight excluding hydrogens is 226 g/mol. The van der Waals surface area contributed by atoms with Crippen LogP contribution in [0.4, 0.5) is 0 Å². The Bertz CT molecular complexity index is 286. The molecule has 0 aromatic rings. The number of hydrogen-bond donors (Lipinski definition) is 2. The molecule has 1 fully saturated rings. The molecule has 1 saturated heterocycles. The first-order valence-corrected chi connectivity index (χ1v) is 7.78. The predicted molar refractivity (Wildman–Crippen MR) is 66.0 cm³/mol. The van der Waals surface area contributed by atoms with Crippen molar-refractivity contribution in [3.05, 3.63) is 0 Å². The summed E-state index contributed by atoms with van der Waals surface area (Å²) in [5, 5.41) is 6.72. The summed E-state index contributed by atoms with van der Waals surface area (Å²) in [6, 6.07) is 0.563. The van der Waals surface area contributed by atoms with E-state index in [1.54, 1.807) is 0 Å². The predicted octanol–water partition coefficient (Wildman–Crippen LogP) is -0.390. The van der Waals surface area contributed by atoms with Crippen LogP contribution in [-0.2, 0) is 10.0 Å². The second kappa shape index (κ2) is 6.54. The maximum absolute atomic E-state index is 11.3. The first-order valence-electron chi connectivity index (χ1n) is 5.93. The molecule has 0 aromatic heterocycles. The molecule has 0 radical (unpaired) electrons.